The van der Waals surface area contributed by atoms with Crippen molar-refractivity contribution in [2.24, 2.45) is 5.92 Å². The topological polar surface area (TPSA) is 117 Å². The summed E-state index contributed by atoms with van der Waals surface area (Å²) in [5, 5.41) is 22.8. The maximum absolute atomic E-state index is 12.5. The maximum atomic E-state index is 12.5. The van der Waals surface area contributed by atoms with E-state index in [1.54, 1.807) is 18.2 Å². The number of rotatable bonds is 7. The summed E-state index contributed by atoms with van der Waals surface area (Å²) in [6.07, 6.45) is 4.03. The third-order valence-electron chi connectivity index (χ3n) is 5.76. The van der Waals surface area contributed by atoms with Crippen LogP contribution < -0.4 is 10.6 Å². The van der Waals surface area contributed by atoms with E-state index in [9.17, 15) is 9.59 Å². The molecule has 0 aliphatic heterocycles. The first-order chi connectivity index (χ1) is 15.9. The lowest BCUT2D eigenvalue weighted by Gasteiger charge is -2.28. The van der Waals surface area contributed by atoms with Gasteiger partial charge < -0.3 is 20.2 Å². The van der Waals surface area contributed by atoms with E-state index in [2.05, 4.69) is 20.8 Å². The Hall–Kier alpha value is -3.10. The molecule has 4 rings (SSSR count). The molecule has 8 nitrogen and oxygen atoms in total. The van der Waals surface area contributed by atoms with Crippen LogP contribution in [-0.2, 0) is 4.79 Å². The fourth-order valence-corrected chi connectivity index (χ4v) is 4.40. The van der Waals surface area contributed by atoms with Crippen LogP contribution >= 0.6 is 23.2 Å². The van der Waals surface area contributed by atoms with Crippen LogP contribution in [0.15, 0.2) is 46.9 Å². The molecule has 33 heavy (non-hydrogen) atoms. The highest BCUT2D eigenvalue weighted by molar-refractivity contribution is 6.43. The van der Waals surface area contributed by atoms with Crippen LogP contribution in [0.25, 0.3) is 0 Å². The molecule has 3 aromatic rings. The second kappa shape index (κ2) is 10.2. The molecule has 0 saturated heterocycles. The van der Waals surface area contributed by atoms with Crippen molar-refractivity contribution in [2.75, 3.05) is 10.6 Å². The molecule has 1 fully saturated rings. The Balaban J connectivity index is 1.33. The van der Waals surface area contributed by atoms with E-state index >= 15 is 0 Å². The molecule has 0 atom stereocenters. The molecular formula is C23H22Cl2N4O4. The van der Waals surface area contributed by atoms with Crippen LogP contribution in [0.2, 0.25) is 10.0 Å². The summed E-state index contributed by atoms with van der Waals surface area (Å²) in [7, 11) is 0. The minimum atomic E-state index is -0.726. The average Bonchev–Trinajstić information content (AvgIpc) is 3.26. The molecule has 172 valence electrons. The quantitative estimate of drug-likeness (QED) is 0.366. The number of halogens is 2. The largest absolute Gasteiger partial charge is 0.481 e. The van der Waals surface area contributed by atoms with E-state index in [0.717, 1.165) is 25.7 Å². The van der Waals surface area contributed by atoms with Gasteiger partial charge in [0.15, 0.2) is 0 Å². The number of carbonyl (C=O) groups excluding carboxylic acids is 1. The number of carboxylic acids is 1. The molecule has 0 bridgehead atoms. The Bertz CT molecular complexity index is 1140. The normalized spacial score (nSPS) is 18.0. The summed E-state index contributed by atoms with van der Waals surface area (Å²) in [6, 6.07) is 12.7. The van der Waals surface area contributed by atoms with Gasteiger partial charge in [-0.25, -0.2) is 0 Å². The van der Waals surface area contributed by atoms with Crippen LogP contribution in [0.4, 0.5) is 17.4 Å². The van der Waals surface area contributed by atoms with Crippen molar-refractivity contribution in [2.45, 2.75) is 38.0 Å². The summed E-state index contributed by atoms with van der Waals surface area (Å²) in [6.45, 7) is 0. The Kier molecular flexibility index (Phi) is 7.15. The molecule has 3 N–H and O–H groups in total. The van der Waals surface area contributed by atoms with Crippen LogP contribution in [0.5, 0.6) is 0 Å². The van der Waals surface area contributed by atoms with Crippen molar-refractivity contribution in [3.8, 4) is 0 Å². The summed E-state index contributed by atoms with van der Waals surface area (Å²) in [5.74, 6) is -0.786. The fourth-order valence-electron chi connectivity index (χ4n) is 4.05. The van der Waals surface area contributed by atoms with Crippen molar-refractivity contribution in [3.05, 3.63) is 64.0 Å². The number of carboxylic acid groups (broad SMARTS) is 1. The van der Waals surface area contributed by atoms with Gasteiger partial charge in [0, 0.05) is 12.1 Å². The summed E-state index contributed by atoms with van der Waals surface area (Å²) in [5.41, 5.74) is 2.27. The van der Waals surface area contributed by atoms with Crippen LogP contribution in [-0.4, -0.2) is 27.2 Å². The lowest BCUT2D eigenvalue weighted by molar-refractivity contribution is -0.138. The molecule has 0 radical (unpaired) electrons. The number of amides is 1. The molecule has 1 aliphatic rings. The Morgan fingerprint density at radius 2 is 1.76 bits per heavy atom. The van der Waals surface area contributed by atoms with Gasteiger partial charge in [-0.3, -0.25) is 9.59 Å². The van der Waals surface area contributed by atoms with Crippen molar-refractivity contribution in [1.82, 2.24) is 10.2 Å². The molecule has 2 aromatic carbocycles. The summed E-state index contributed by atoms with van der Waals surface area (Å²) < 4.78 is 5.38. The van der Waals surface area contributed by atoms with Crippen LogP contribution in [0.3, 0.4) is 0 Å². The third kappa shape index (κ3) is 5.83. The first-order valence-corrected chi connectivity index (χ1v) is 11.3. The van der Waals surface area contributed by atoms with Gasteiger partial charge in [-0.05, 0) is 67.3 Å². The van der Waals surface area contributed by atoms with E-state index in [4.69, 9.17) is 32.7 Å². The van der Waals surface area contributed by atoms with Gasteiger partial charge in [0.05, 0.1) is 15.7 Å². The molecule has 10 heteroatoms. The van der Waals surface area contributed by atoms with E-state index in [1.807, 2.05) is 24.3 Å². The number of carbonyl (C=O) groups is 2. The lowest BCUT2D eigenvalue weighted by atomic mass is 9.77. The van der Waals surface area contributed by atoms with Gasteiger partial charge in [-0.15, -0.1) is 5.10 Å². The average molecular weight is 489 g/mol. The van der Waals surface area contributed by atoms with Crippen molar-refractivity contribution < 1.29 is 19.1 Å². The van der Waals surface area contributed by atoms with E-state index in [-0.39, 0.29) is 24.2 Å². The zero-order chi connectivity index (χ0) is 23.4. The van der Waals surface area contributed by atoms with E-state index in [0.29, 0.717) is 27.3 Å². The Morgan fingerprint density at radius 3 is 2.45 bits per heavy atom. The number of hydrogen-bond acceptors (Lipinski definition) is 6. The molecule has 1 aromatic heterocycles. The molecule has 1 saturated carbocycles. The summed E-state index contributed by atoms with van der Waals surface area (Å²) in [4.78, 5) is 23.4. The third-order valence-corrected chi connectivity index (χ3v) is 6.58. The van der Waals surface area contributed by atoms with Gasteiger partial charge >= 0.3 is 23.8 Å². The van der Waals surface area contributed by atoms with Crippen LogP contribution in [0, 0.1) is 5.92 Å². The molecule has 0 unspecified atom stereocenters. The van der Waals surface area contributed by atoms with E-state index < -0.39 is 11.9 Å². The van der Waals surface area contributed by atoms with Gasteiger partial charge in [0.2, 0.25) is 0 Å². The van der Waals surface area contributed by atoms with Gasteiger partial charge in [-0.2, -0.15) is 0 Å². The number of nitrogens with zero attached hydrogens (tertiary/aromatic N) is 2. The van der Waals surface area contributed by atoms with E-state index in [1.165, 1.54) is 5.56 Å². The number of anilines is 3. The minimum absolute atomic E-state index is 0.0122. The highest BCUT2D eigenvalue weighted by Crippen LogP contribution is 2.37. The smallest absolute Gasteiger partial charge is 0.320 e. The minimum Gasteiger partial charge on any atom is -0.481 e. The molecule has 1 amide bonds. The summed E-state index contributed by atoms with van der Waals surface area (Å²) >= 11 is 12.1. The van der Waals surface area contributed by atoms with Gasteiger partial charge in [0.25, 0.3) is 0 Å². The number of benzene rings is 2. The van der Waals surface area contributed by atoms with Crippen LogP contribution in [0.1, 0.15) is 54.3 Å². The zero-order valence-electron chi connectivity index (χ0n) is 17.6. The second-order valence-electron chi connectivity index (χ2n) is 8.03. The number of nitrogens with one attached hydrogen (secondary N) is 2. The Morgan fingerprint density at radius 1 is 1.03 bits per heavy atom. The number of hydrogen-bond donors (Lipinski definition) is 3. The monoisotopic (exact) mass is 488 g/mol. The van der Waals surface area contributed by atoms with Crippen molar-refractivity contribution in [1.29, 1.82) is 0 Å². The van der Waals surface area contributed by atoms with Gasteiger partial charge in [0.1, 0.15) is 0 Å². The lowest BCUT2D eigenvalue weighted by Crippen LogP contribution is -2.16. The predicted molar refractivity (Wildman–Crippen MR) is 125 cm³/mol. The number of aromatic nitrogens is 2. The maximum Gasteiger partial charge on any atom is 0.320 e. The number of aliphatic carboxylic acids is 1. The second-order valence-corrected chi connectivity index (χ2v) is 8.82. The van der Waals surface area contributed by atoms with Crippen molar-refractivity contribution in [3.63, 3.8) is 0 Å². The fraction of sp³-hybridized carbons (Fsp3) is 0.304. The predicted octanol–water partition coefficient (Wildman–Crippen LogP) is 6.12. The molecular weight excluding hydrogens is 467 g/mol. The highest BCUT2D eigenvalue weighted by Gasteiger charge is 2.24. The first-order valence-electron chi connectivity index (χ1n) is 10.6. The van der Waals surface area contributed by atoms with Gasteiger partial charge in [-0.1, -0.05) is 46.5 Å². The standard InChI is InChI=1S/C23H22Cl2N4O4/c24-17-2-1-3-18(20(17)25)27-23-29-28-22(33-23)21(32)26-16-10-8-15(9-11-16)14-6-4-13(5-7-14)12-19(30)31/h1-3,8-11,13-14H,4-7,12H2,(H,26,32)(H,27,29)(H,30,31). The molecule has 1 aliphatic carbocycles. The Labute approximate surface area is 200 Å². The van der Waals surface area contributed by atoms with Crippen molar-refractivity contribution >= 4 is 52.5 Å². The zero-order valence-corrected chi connectivity index (χ0v) is 19.1. The first kappa shape index (κ1) is 23.1. The molecule has 0 spiro atoms. The SMILES string of the molecule is O=C(O)CC1CCC(c2ccc(NC(=O)c3nnc(Nc4cccc(Cl)c4Cl)o3)cc2)CC1. The highest BCUT2D eigenvalue weighted by atomic mass is 35.5. The molecule has 1 heterocycles.